The number of hydrogen-bond acceptors (Lipinski definition) is 23. The molecule has 0 bridgehead atoms. The fourth-order valence-corrected chi connectivity index (χ4v) is 8.76. The molecule has 2 aromatic heterocycles. The number of nitrogen functional groups attached to an aromatic ring is 1. The standard InChI is InChI=1S/C34H37N5O9.C27H30N2O9.C7H9N3O/c1-6-21-15-26(31(40)37-23-11-9-22(10-12-23)30(35)39-44)25(16-28(21)45-5)24-13-14-27(32(41)36-17-20-7-8-20)38-29(24)33(42)47-19(4)48-34(43)46-18(2)3;1-6-17-11-20(25(31)32)19(12-22(17)35-5)18-9-10-21(24(30)28-13-16-7-8-16)29-23(18)26(33)37-15(4)38-27(34)36-14(2)3;8-6-3-1-5(2-4-6)7(9)10-11/h6,9-16,18-20,44H,1,7-8,17H2,2-5H3,(H2,35,39)(H,36,41)(H,37,40);6,9-12,14-16H,1,7-8,13H2,2-5H3,(H,28,30)(H,31,32);1-4,11H,8H2,(H2,9,10). The Morgan fingerprint density at radius 3 is 1.30 bits per heavy atom. The highest BCUT2D eigenvalue weighted by atomic mass is 16.8. The highest BCUT2D eigenvalue weighted by Gasteiger charge is 2.31. The highest BCUT2D eigenvalue weighted by molar-refractivity contribution is 6.12. The van der Waals surface area contributed by atoms with Gasteiger partial charge in [0.2, 0.25) is 12.6 Å². The molecular formula is C68H76N10O19. The Labute approximate surface area is 557 Å². The number of oxime groups is 2. The lowest BCUT2D eigenvalue weighted by Gasteiger charge is -2.18. The number of carbonyl (C=O) groups is 8. The maximum absolute atomic E-state index is 13.8. The summed E-state index contributed by atoms with van der Waals surface area (Å²) in [4.78, 5) is 111. The number of carboxylic acids is 1. The molecular weight excluding hydrogens is 1260 g/mol. The topological polar surface area (TPSA) is 436 Å². The number of aromatic nitrogens is 2. The average molecular weight is 1340 g/mol. The van der Waals surface area contributed by atoms with Crippen molar-refractivity contribution in [2.75, 3.05) is 38.4 Å². The van der Waals surface area contributed by atoms with Gasteiger partial charge in [-0.1, -0.05) is 35.6 Å². The summed E-state index contributed by atoms with van der Waals surface area (Å²) in [5.41, 5.74) is 19.0. The summed E-state index contributed by atoms with van der Waals surface area (Å²) in [6.45, 7) is 17.6. The van der Waals surface area contributed by atoms with Crippen molar-refractivity contribution < 1.29 is 91.8 Å². The van der Waals surface area contributed by atoms with Gasteiger partial charge < -0.3 is 86.6 Å². The van der Waals surface area contributed by atoms with E-state index in [-0.39, 0.29) is 67.8 Å². The SMILES string of the molecule is C=Cc1cc(C(=O)Nc2ccc(C(N)=NO)cc2)c(-c2ccc(C(=O)NCC3CC3)nc2C(=O)OC(C)OC(=O)OC(C)C)cc1OC.C=Cc1cc(C(=O)O)c(-c2ccc(C(=O)NCC3CC3)nc2C(=O)OC(C)OC(=O)OC(C)C)cc1OC.N/C(=N\O)c1ccc(N)cc1. The zero-order chi connectivity index (χ0) is 71.2. The van der Waals surface area contributed by atoms with Crippen LogP contribution in [0, 0.1) is 11.8 Å². The summed E-state index contributed by atoms with van der Waals surface area (Å²) in [5, 5.41) is 41.3. The van der Waals surface area contributed by atoms with Crippen LogP contribution in [0.1, 0.15) is 152 Å². The van der Waals surface area contributed by atoms with E-state index in [0.29, 0.717) is 70.1 Å². The molecule has 4 aromatic carbocycles. The Hall–Kier alpha value is -12.0. The second-order valence-electron chi connectivity index (χ2n) is 22.1. The number of pyridine rings is 2. The van der Waals surface area contributed by atoms with Crippen molar-refractivity contribution in [1.29, 1.82) is 0 Å². The van der Waals surface area contributed by atoms with Crippen LogP contribution >= 0.6 is 0 Å². The van der Waals surface area contributed by atoms with E-state index in [9.17, 15) is 43.5 Å². The van der Waals surface area contributed by atoms with Crippen LogP contribution in [-0.2, 0) is 28.4 Å². The third-order valence-electron chi connectivity index (χ3n) is 14.0. The van der Waals surface area contributed by atoms with Crippen LogP contribution in [0.4, 0.5) is 21.0 Å². The van der Waals surface area contributed by atoms with Gasteiger partial charge in [0.05, 0.1) is 32.0 Å². The van der Waals surface area contributed by atoms with Gasteiger partial charge in [-0.15, -0.1) is 0 Å². The Balaban J connectivity index is 0.000000269. The highest BCUT2D eigenvalue weighted by Crippen LogP contribution is 2.37. The van der Waals surface area contributed by atoms with Gasteiger partial charge in [0.1, 0.15) is 22.9 Å². The maximum Gasteiger partial charge on any atom is 0.511 e. The molecule has 2 saturated carbocycles. The van der Waals surface area contributed by atoms with Gasteiger partial charge in [-0.3, -0.25) is 14.4 Å². The third-order valence-corrected chi connectivity index (χ3v) is 14.0. The van der Waals surface area contributed by atoms with E-state index in [4.69, 9.17) is 65.5 Å². The first kappa shape index (κ1) is 74.0. The molecule has 2 atom stereocenters. The van der Waals surface area contributed by atoms with Crippen molar-refractivity contribution in [3.8, 4) is 33.8 Å². The largest absolute Gasteiger partial charge is 0.511 e. The number of nitrogens with zero attached hydrogens (tertiary/aromatic N) is 4. The van der Waals surface area contributed by atoms with Crippen LogP contribution in [0.15, 0.2) is 121 Å². The number of nitrogens with one attached hydrogen (secondary N) is 3. The second-order valence-corrected chi connectivity index (χ2v) is 22.1. The molecule has 2 fully saturated rings. The number of rotatable bonds is 25. The normalized spacial score (nSPS) is 13.1. The van der Waals surface area contributed by atoms with Crippen molar-refractivity contribution in [3.05, 3.63) is 166 Å². The number of nitrogens with two attached hydrogens (primary N) is 3. The molecule has 3 amide bonds. The summed E-state index contributed by atoms with van der Waals surface area (Å²) < 4.78 is 41.4. The number of hydrogen-bond donors (Lipinski definition) is 9. The number of esters is 2. The number of aromatic carboxylic acids is 1. The van der Waals surface area contributed by atoms with Crippen molar-refractivity contribution >= 4 is 83.1 Å². The number of carbonyl (C=O) groups excluding carboxylic acids is 7. The van der Waals surface area contributed by atoms with Gasteiger partial charge in [0, 0.05) is 88.4 Å². The molecule has 2 aliphatic carbocycles. The van der Waals surface area contributed by atoms with Crippen LogP contribution in [0.25, 0.3) is 34.4 Å². The first-order valence-electron chi connectivity index (χ1n) is 30.1. The van der Waals surface area contributed by atoms with Crippen molar-refractivity contribution in [3.63, 3.8) is 0 Å². The predicted molar refractivity (Wildman–Crippen MR) is 355 cm³/mol. The molecule has 8 rings (SSSR count). The number of anilines is 2. The monoisotopic (exact) mass is 1340 g/mol. The number of carboxylic acid groups (broad SMARTS) is 1. The fraction of sp³-hybridized carbons (Fsp3) is 0.294. The summed E-state index contributed by atoms with van der Waals surface area (Å²) in [5.74, 6) is -3.50. The van der Waals surface area contributed by atoms with Gasteiger partial charge >= 0.3 is 30.2 Å². The number of ether oxygens (including phenoxy) is 8. The lowest BCUT2D eigenvalue weighted by molar-refractivity contribution is -0.0884. The summed E-state index contributed by atoms with van der Waals surface area (Å²) in [6.07, 6.45) is 1.26. The van der Waals surface area contributed by atoms with E-state index in [1.165, 1.54) is 88.8 Å². The lowest BCUT2D eigenvalue weighted by atomic mass is 9.94. The third kappa shape index (κ3) is 21.5. The summed E-state index contributed by atoms with van der Waals surface area (Å²) >= 11 is 0. The minimum absolute atomic E-state index is 0.0643. The van der Waals surface area contributed by atoms with Gasteiger partial charge in [-0.05, 0) is 162 Å². The van der Waals surface area contributed by atoms with Crippen LogP contribution in [0.2, 0.25) is 0 Å². The van der Waals surface area contributed by atoms with Gasteiger partial charge in [-0.25, -0.2) is 33.9 Å². The maximum atomic E-state index is 13.8. The van der Waals surface area contributed by atoms with E-state index >= 15 is 0 Å². The molecule has 97 heavy (non-hydrogen) atoms. The molecule has 0 aliphatic heterocycles. The van der Waals surface area contributed by atoms with Crippen LogP contribution < -0.4 is 42.6 Å². The zero-order valence-corrected chi connectivity index (χ0v) is 54.4. The van der Waals surface area contributed by atoms with Crippen LogP contribution in [0.3, 0.4) is 0 Å². The van der Waals surface area contributed by atoms with Gasteiger partial charge in [0.25, 0.3) is 17.7 Å². The molecule has 29 nitrogen and oxygen atoms in total. The average Bonchev–Trinajstić information content (AvgIpc) is 1.40. The number of amides is 3. The number of benzene rings is 4. The van der Waals surface area contributed by atoms with Crippen molar-refractivity contribution in [1.82, 2.24) is 20.6 Å². The number of methoxy groups -OCH3 is 2. The first-order valence-corrected chi connectivity index (χ1v) is 30.1. The Kier molecular flexibility index (Phi) is 26.5. The Morgan fingerprint density at radius 1 is 0.546 bits per heavy atom. The van der Waals surface area contributed by atoms with E-state index in [2.05, 4.69) is 49.4 Å². The van der Waals surface area contributed by atoms with Crippen LogP contribution in [0.5, 0.6) is 11.5 Å². The molecule has 0 radical (unpaired) electrons. The molecule has 2 heterocycles. The van der Waals surface area contributed by atoms with E-state index < -0.39 is 72.7 Å². The fourth-order valence-electron chi connectivity index (χ4n) is 8.76. The quantitative estimate of drug-likeness (QED) is 0.00376. The molecule has 512 valence electrons. The van der Waals surface area contributed by atoms with Gasteiger partial charge in [0.15, 0.2) is 23.1 Å². The van der Waals surface area contributed by atoms with Crippen molar-refractivity contribution in [2.24, 2.45) is 33.6 Å². The Bertz CT molecular complexity index is 3960. The van der Waals surface area contributed by atoms with E-state index in [1.807, 2.05) is 0 Å². The zero-order valence-electron chi connectivity index (χ0n) is 54.4. The summed E-state index contributed by atoms with van der Waals surface area (Å²) in [6, 6.07) is 24.5. The lowest BCUT2D eigenvalue weighted by Crippen LogP contribution is -2.28. The smallest absolute Gasteiger partial charge is 0.496 e. The van der Waals surface area contributed by atoms with Crippen molar-refractivity contribution in [2.45, 2.75) is 92.0 Å². The van der Waals surface area contributed by atoms with E-state index in [1.54, 1.807) is 76.2 Å². The second kappa shape index (κ2) is 34.7. The minimum atomic E-state index is -1.39. The van der Waals surface area contributed by atoms with Crippen LogP contribution in [-0.4, -0.2) is 137 Å². The van der Waals surface area contributed by atoms with Gasteiger partial charge in [-0.2, -0.15) is 0 Å². The number of amidine groups is 2. The predicted octanol–water partition coefficient (Wildman–Crippen LogP) is 9.62. The molecule has 2 aliphatic rings. The summed E-state index contributed by atoms with van der Waals surface area (Å²) in [7, 11) is 2.84. The first-order chi connectivity index (χ1) is 46.2. The molecule has 12 N–H and O–H groups in total. The molecule has 2 unspecified atom stereocenters. The van der Waals surface area contributed by atoms with E-state index in [0.717, 1.165) is 25.7 Å². The Morgan fingerprint density at radius 2 is 0.938 bits per heavy atom. The minimum Gasteiger partial charge on any atom is -0.496 e. The molecule has 0 saturated heterocycles. The molecule has 6 aromatic rings. The molecule has 0 spiro atoms. The molecule has 29 heteroatoms.